The van der Waals surface area contributed by atoms with Crippen LogP contribution < -0.4 is 5.32 Å². The van der Waals surface area contributed by atoms with Crippen molar-refractivity contribution in [3.63, 3.8) is 0 Å². The normalized spacial score (nSPS) is 11.9. The van der Waals surface area contributed by atoms with E-state index in [1.807, 2.05) is 31.2 Å². The first-order valence-electron chi connectivity index (χ1n) is 6.22. The van der Waals surface area contributed by atoms with Gasteiger partial charge in [0.25, 0.3) is 0 Å². The van der Waals surface area contributed by atoms with E-state index in [1.54, 1.807) is 0 Å². The number of benzene rings is 1. The van der Waals surface area contributed by atoms with Gasteiger partial charge in [-0.3, -0.25) is 4.79 Å². The standard InChI is InChI=1S/C14H19NO4/c1-10-4-2-3-5-11(10)6-7-13(17)15-12(8-9-16)14(18)19/h2-5,12,16H,6-9H2,1H3,(H,15,17)(H,18,19)/t12-/m1/s1. The molecule has 0 bridgehead atoms. The van der Waals surface area contributed by atoms with Crippen molar-refractivity contribution in [2.45, 2.75) is 32.2 Å². The van der Waals surface area contributed by atoms with Crippen molar-refractivity contribution < 1.29 is 19.8 Å². The lowest BCUT2D eigenvalue weighted by molar-refractivity contribution is -0.142. The average molecular weight is 265 g/mol. The van der Waals surface area contributed by atoms with E-state index in [2.05, 4.69) is 5.32 Å². The number of aliphatic carboxylic acids is 1. The number of hydrogen-bond acceptors (Lipinski definition) is 3. The first-order chi connectivity index (χ1) is 9.04. The third-order valence-corrected chi connectivity index (χ3v) is 2.93. The van der Waals surface area contributed by atoms with E-state index in [1.165, 1.54) is 0 Å². The Morgan fingerprint density at radius 1 is 1.32 bits per heavy atom. The summed E-state index contributed by atoms with van der Waals surface area (Å²) in [5, 5.41) is 20.0. The molecule has 104 valence electrons. The lowest BCUT2D eigenvalue weighted by Crippen LogP contribution is -2.41. The number of aryl methyl sites for hydroxylation is 2. The van der Waals surface area contributed by atoms with E-state index < -0.39 is 12.0 Å². The summed E-state index contributed by atoms with van der Waals surface area (Å²) in [4.78, 5) is 22.5. The zero-order chi connectivity index (χ0) is 14.3. The molecule has 0 saturated carbocycles. The number of aliphatic hydroxyl groups is 1. The van der Waals surface area contributed by atoms with Gasteiger partial charge < -0.3 is 15.5 Å². The van der Waals surface area contributed by atoms with E-state index in [9.17, 15) is 9.59 Å². The van der Waals surface area contributed by atoms with Crippen LogP contribution in [-0.4, -0.2) is 34.7 Å². The minimum Gasteiger partial charge on any atom is -0.480 e. The highest BCUT2D eigenvalue weighted by atomic mass is 16.4. The van der Waals surface area contributed by atoms with E-state index in [-0.39, 0.29) is 25.4 Å². The Morgan fingerprint density at radius 3 is 2.58 bits per heavy atom. The molecule has 0 aliphatic carbocycles. The quantitative estimate of drug-likeness (QED) is 0.683. The Morgan fingerprint density at radius 2 is 2.00 bits per heavy atom. The maximum absolute atomic E-state index is 11.7. The van der Waals surface area contributed by atoms with E-state index in [0.717, 1.165) is 11.1 Å². The summed E-state index contributed by atoms with van der Waals surface area (Å²) in [6.07, 6.45) is 0.829. The van der Waals surface area contributed by atoms with Crippen molar-refractivity contribution in [2.75, 3.05) is 6.61 Å². The molecular weight excluding hydrogens is 246 g/mol. The topological polar surface area (TPSA) is 86.6 Å². The molecule has 1 aromatic carbocycles. The molecule has 0 aliphatic rings. The second-order valence-corrected chi connectivity index (χ2v) is 4.40. The van der Waals surface area contributed by atoms with Crippen LogP contribution in [0, 0.1) is 6.92 Å². The zero-order valence-corrected chi connectivity index (χ0v) is 10.9. The average Bonchev–Trinajstić information content (AvgIpc) is 2.37. The summed E-state index contributed by atoms with van der Waals surface area (Å²) in [7, 11) is 0. The molecule has 0 aliphatic heterocycles. The molecule has 0 unspecified atom stereocenters. The highest BCUT2D eigenvalue weighted by Gasteiger charge is 2.18. The molecule has 5 nitrogen and oxygen atoms in total. The van der Waals surface area contributed by atoms with Gasteiger partial charge in [-0.05, 0) is 24.5 Å². The van der Waals surface area contributed by atoms with Crippen molar-refractivity contribution in [2.24, 2.45) is 0 Å². The van der Waals surface area contributed by atoms with Crippen LogP contribution in [0.2, 0.25) is 0 Å². The van der Waals surface area contributed by atoms with Crippen LogP contribution in [-0.2, 0) is 16.0 Å². The highest BCUT2D eigenvalue weighted by Crippen LogP contribution is 2.09. The molecule has 0 saturated heterocycles. The molecule has 5 heteroatoms. The van der Waals surface area contributed by atoms with E-state index in [0.29, 0.717) is 6.42 Å². The van der Waals surface area contributed by atoms with Crippen molar-refractivity contribution in [3.05, 3.63) is 35.4 Å². The number of nitrogens with one attached hydrogen (secondary N) is 1. The van der Waals surface area contributed by atoms with Crippen LogP contribution in [0.3, 0.4) is 0 Å². The Hall–Kier alpha value is -1.88. The number of rotatable bonds is 7. The van der Waals surface area contributed by atoms with Crippen LogP contribution in [0.25, 0.3) is 0 Å². The summed E-state index contributed by atoms with van der Waals surface area (Å²) < 4.78 is 0. The van der Waals surface area contributed by atoms with E-state index in [4.69, 9.17) is 10.2 Å². The Labute approximate surface area is 112 Å². The second-order valence-electron chi connectivity index (χ2n) is 4.40. The van der Waals surface area contributed by atoms with Crippen molar-refractivity contribution in [3.8, 4) is 0 Å². The number of amides is 1. The van der Waals surface area contributed by atoms with Gasteiger partial charge in [-0.25, -0.2) is 4.79 Å². The molecular formula is C14H19NO4. The Kier molecular flexibility index (Phi) is 6.02. The molecule has 0 spiro atoms. The summed E-state index contributed by atoms with van der Waals surface area (Å²) in [6, 6.07) is 6.74. The first kappa shape index (κ1) is 15.2. The SMILES string of the molecule is Cc1ccccc1CCC(=O)N[C@H](CCO)C(=O)O. The van der Waals surface area contributed by atoms with Gasteiger partial charge in [0.05, 0.1) is 0 Å². The Balaban J connectivity index is 2.47. The van der Waals surface area contributed by atoms with Crippen LogP contribution in [0.15, 0.2) is 24.3 Å². The summed E-state index contributed by atoms with van der Waals surface area (Å²) >= 11 is 0. The van der Waals surface area contributed by atoms with Gasteiger partial charge in [0.15, 0.2) is 0 Å². The molecule has 0 aromatic heterocycles. The predicted octanol–water partition coefficient (Wildman–Crippen LogP) is 0.879. The van der Waals surface area contributed by atoms with E-state index >= 15 is 0 Å². The molecule has 0 fully saturated rings. The van der Waals surface area contributed by atoms with Gasteiger partial charge in [0, 0.05) is 19.4 Å². The maximum Gasteiger partial charge on any atom is 0.326 e. The van der Waals surface area contributed by atoms with Gasteiger partial charge in [-0.2, -0.15) is 0 Å². The fourth-order valence-electron chi connectivity index (χ4n) is 1.79. The van der Waals surface area contributed by atoms with Crippen molar-refractivity contribution in [1.29, 1.82) is 0 Å². The monoisotopic (exact) mass is 265 g/mol. The maximum atomic E-state index is 11.7. The number of hydrogen-bond donors (Lipinski definition) is 3. The molecule has 1 aromatic rings. The largest absolute Gasteiger partial charge is 0.480 e. The van der Waals surface area contributed by atoms with Crippen LogP contribution in [0.5, 0.6) is 0 Å². The highest BCUT2D eigenvalue weighted by molar-refractivity contribution is 5.83. The molecule has 3 N–H and O–H groups in total. The van der Waals surface area contributed by atoms with Gasteiger partial charge >= 0.3 is 5.97 Å². The number of aliphatic hydroxyl groups excluding tert-OH is 1. The first-order valence-corrected chi connectivity index (χ1v) is 6.22. The minimum atomic E-state index is -1.13. The lowest BCUT2D eigenvalue weighted by atomic mass is 10.0. The molecule has 1 atom stereocenters. The number of carboxylic acids is 1. The van der Waals surface area contributed by atoms with Gasteiger partial charge in [0.2, 0.25) is 5.91 Å². The molecule has 0 radical (unpaired) electrons. The number of carboxylic acid groups (broad SMARTS) is 1. The van der Waals surface area contributed by atoms with Crippen LogP contribution in [0.1, 0.15) is 24.0 Å². The molecule has 19 heavy (non-hydrogen) atoms. The molecule has 0 heterocycles. The third kappa shape index (κ3) is 5.09. The summed E-state index contributed by atoms with van der Waals surface area (Å²) in [6.45, 7) is 1.70. The van der Waals surface area contributed by atoms with Gasteiger partial charge in [-0.1, -0.05) is 24.3 Å². The predicted molar refractivity (Wildman–Crippen MR) is 70.8 cm³/mol. The second kappa shape index (κ2) is 7.53. The van der Waals surface area contributed by atoms with Crippen molar-refractivity contribution in [1.82, 2.24) is 5.32 Å². The summed E-state index contributed by atoms with van der Waals surface area (Å²) in [5.74, 6) is -1.44. The fourth-order valence-corrected chi connectivity index (χ4v) is 1.79. The minimum absolute atomic E-state index is 0.0193. The van der Waals surface area contributed by atoms with Gasteiger partial charge in [-0.15, -0.1) is 0 Å². The zero-order valence-electron chi connectivity index (χ0n) is 10.9. The fraction of sp³-hybridized carbons (Fsp3) is 0.429. The molecule has 1 amide bonds. The number of carbonyl (C=O) groups is 2. The third-order valence-electron chi connectivity index (χ3n) is 2.93. The van der Waals surface area contributed by atoms with Gasteiger partial charge in [0.1, 0.15) is 6.04 Å². The number of carbonyl (C=O) groups excluding carboxylic acids is 1. The van der Waals surface area contributed by atoms with Crippen LogP contribution in [0.4, 0.5) is 0 Å². The summed E-state index contributed by atoms with van der Waals surface area (Å²) in [5.41, 5.74) is 2.19. The lowest BCUT2D eigenvalue weighted by Gasteiger charge is -2.13. The Bertz CT molecular complexity index is 445. The van der Waals surface area contributed by atoms with Crippen molar-refractivity contribution >= 4 is 11.9 Å². The van der Waals surface area contributed by atoms with Crippen LogP contribution >= 0.6 is 0 Å². The molecule has 1 rings (SSSR count). The smallest absolute Gasteiger partial charge is 0.326 e.